The van der Waals surface area contributed by atoms with E-state index < -0.39 is 0 Å². The van der Waals surface area contributed by atoms with E-state index in [0.29, 0.717) is 19.6 Å². The van der Waals surface area contributed by atoms with E-state index in [1.54, 1.807) is 7.05 Å². The molecule has 0 aliphatic carbocycles. The van der Waals surface area contributed by atoms with Crippen molar-refractivity contribution in [3.05, 3.63) is 34.9 Å². The SMILES string of the molecule is CNC(=O)CN1CCN(C(=O)c2ccc3c(c2)CNC3)CC1. The van der Waals surface area contributed by atoms with Crippen molar-refractivity contribution in [3.8, 4) is 0 Å². The highest BCUT2D eigenvalue weighted by atomic mass is 16.2. The van der Waals surface area contributed by atoms with E-state index in [9.17, 15) is 9.59 Å². The Kier molecular flexibility index (Phi) is 4.40. The van der Waals surface area contributed by atoms with Gasteiger partial charge in [-0.05, 0) is 23.3 Å². The van der Waals surface area contributed by atoms with Crippen molar-refractivity contribution in [2.24, 2.45) is 0 Å². The minimum Gasteiger partial charge on any atom is -0.358 e. The van der Waals surface area contributed by atoms with Crippen molar-refractivity contribution in [2.75, 3.05) is 39.8 Å². The molecule has 1 fully saturated rings. The molecule has 2 N–H and O–H groups in total. The second-order valence-corrected chi connectivity index (χ2v) is 5.83. The molecule has 1 aromatic carbocycles. The standard InChI is InChI=1S/C16H22N4O2/c1-17-15(21)11-19-4-6-20(7-5-19)16(22)12-2-3-13-9-18-10-14(13)8-12/h2-3,8,18H,4-7,9-11H2,1H3,(H,17,21). The van der Waals surface area contributed by atoms with Crippen LogP contribution in [0.5, 0.6) is 0 Å². The van der Waals surface area contributed by atoms with Gasteiger partial charge in [-0.1, -0.05) is 6.07 Å². The molecule has 3 rings (SSSR count). The maximum Gasteiger partial charge on any atom is 0.253 e. The van der Waals surface area contributed by atoms with Crippen LogP contribution in [0.1, 0.15) is 21.5 Å². The zero-order valence-corrected chi connectivity index (χ0v) is 12.9. The molecule has 2 amide bonds. The molecule has 0 unspecified atom stereocenters. The fourth-order valence-electron chi connectivity index (χ4n) is 3.00. The van der Waals surface area contributed by atoms with Gasteiger partial charge in [0.05, 0.1) is 6.54 Å². The molecule has 0 atom stereocenters. The van der Waals surface area contributed by atoms with Gasteiger partial charge in [0.1, 0.15) is 0 Å². The fourth-order valence-corrected chi connectivity index (χ4v) is 3.00. The molecule has 6 heteroatoms. The van der Waals surface area contributed by atoms with E-state index in [2.05, 4.69) is 15.5 Å². The number of nitrogens with zero attached hydrogens (tertiary/aromatic N) is 2. The lowest BCUT2D eigenvalue weighted by Gasteiger charge is -2.34. The summed E-state index contributed by atoms with van der Waals surface area (Å²) in [4.78, 5) is 27.9. The average Bonchev–Trinajstić information content (AvgIpc) is 3.02. The molecule has 1 aromatic rings. The summed E-state index contributed by atoms with van der Waals surface area (Å²) in [6, 6.07) is 5.98. The number of nitrogens with one attached hydrogen (secondary N) is 2. The Hall–Kier alpha value is -1.92. The van der Waals surface area contributed by atoms with E-state index in [4.69, 9.17) is 0 Å². The Bertz CT molecular complexity index is 580. The third-order valence-electron chi connectivity index (χ3n) is 4.39. The summed E-state index contributed by atoms with van der Waals surface area (Å²) in [6.45, 7) is 4.97. The number of piperazine rings is 1. The molecule has 0 aromatic heterocycles. The number of likely N-dealkylation sites (N-methyl/N-ethyl adjacent to an activating group) is 1. The van der Waals surface area contributed by atoms with Crippen LogP contribution in [0.25, 0.3) is 0 Å². The summed E-state index contributed by atoms with van der Waals surface area (Å²) in [5.41, 5.74) is 3.28. The van der Waals surface area contributed by atoms with Crippen molar-refractivity contribution < 1.29 is 9.59 Å². The lowest BCUT2D eigenvalue weighted by Crippen LogP contribution is -2.50. The minimum absolute atomic E-state index is 0.0194. The highest BCUT2D eigenvalue weighted by molar-refractivity contribution is 5.94. The van der Waals surface area contributed by atoms with Crippen LogP contribution in [0.2, 0.25) is 0 Å². The van der Waals surface area contributed by atoms with Crippen LogP contribution in [-0.4, -0.2) is 61.4 Å². The van der Waals surface area contributed by atoms with Gasteiger partial charge in [-0.3, -0.25) is 14.5 Å². The molecule has 0 spiro atoms. The van der Waals surface area contributed by atoms with Gasteiger partial charge < -0.3 is 15.5 Å². The lowest BCUT2D eigenvalue weighted by atomic mass is 10.1. The number of hydrogen-bond acceptors (Lipinski definition) is 4. The normalized spacial score (nSPS) is 18.1. The van der Waals surface area contributed by atoms with Crippen LogP contribution < -0.4 is 10.6 Å². The topological polar surface area (TPSA) is 64.7 Å². The first kappa shape index (κ1) is 15.0. The van der Waals surface area contributed by atoms with Crippen molar-refractivity contribution in [1.82, 2.24) is 20.4 Å². The summed E-state index contributed by atoms with van der Waals surface area (Å²) in [5, 5.41) is 5.92. The molecule has 2 heterocycles. The molecular formula is C16H22N4O2. The van der Waals surface area contributed by atoms with Crippen LogP contribution in [0.15, 0.2) is 18.2 Å². The van der Waals surface area contributed by atoms with E-state index >= 15 is 0 Å². The van der Waals surface area contributed by atoms with E-state index in [0.717, 1.165) is 31.7 Å². The number of amides is 2. The minimum atomic E-state index is 0.0194. The Morgan fingerprint density at radius 2 is 1.86 bits per heavy atom. The number of hydrogen-bond donors (Lipinski definition) is 2. The van der Waals surface area contributed by atoms with Crippen LogP contribution in [0, 0.1) is 0 Å². The number of carbonyl (C=O) groups excluding carboxylic acids is 2. The van der Waals surface area contributed by atoms with E-state index in [1.807, 2.05) is 23.1 Å². The Labute approximate surface area is 130 Å². The molecule has 22 heavy (non-hydrogen) atoms. The van der Waals surface area contributed by atoms with Gasteiger partial charge in [0.2, 0.25) is 5.91 Å². The van der Waals surface area contributed by atoms with Crippen molar-refractivity contribution in [3.63, 3.8) is 0 Å². The zero-order valence-electron chi connectivity index (χ0n) is 12.9. The summed E-state index contributed by atoms with van der Waals surface area (Å²) in [6.07, 6.45) is 0. The number of benzene rings is 1. The van der Waals surface area contributed by atoms with Gasteiger partial charge in [0.15, 0.2) is 0 Å². The summed E-state index contributed by atoms with van der Waals surface area (Å²) >= 11 is 0. The first-order valence-corrected chi connectivity index (χ1v) is 7.72. The summed E-state index contributed by atoms with van der Waals surface area (Å²) in [5.74, 6) is 0.111. The quantitative estimate of drug-likeness (QED) is 0.811. The number of rotatable bonds is 3. The molecule has 2 aliphatic rings. The van der Waals surface area contributed by atoms with Gasteiger partial charge >= 0.3 is 0 Å². The second kappa shape index (κ2) is 6.46. The monoisotopic (exact) mass is 302 g/mol. The highest BCUT2D eigenvalue weighted by Gasteiger charge is 2.24. The maximum absolute atomic E-state index is 12.6. The summed E-state index contributed by atoms with van der Waals surface area (Å²) in [7, 11) is 1.64. The van der Waals surface area contributed by atoms with Gasteiger partial charge in [-0.15, -0.1) is 0 Å². The van der Waals surface area contributed by atoms with Gasteiger partial charge in [0, 0.05) is 51.9 Å². The average molecular weight is 302 g/mol. The Balaban J connectivity index is 1.59. The molecule has 2 aliphatic heterocycles. The molecule has 0 bridgehead atoms. The molecular weight excluding hydrogens is 280 g/mol. The Morgan fingerprint density at radius 1 is 1.14 bits per heavy atom. The number of carbonyl (C=O) groups is 2. The summed E-state index contributed by atoms with van der Waals surface area (Å²) < 4.78 is 0. The molecule has 1 saturated heterocycles. The van der Waals surface area contributed by atoms with Crippen molar-refractivity contribution >= 4 is 11.8 Å². The second-order valence-electron chi connectivity index (χ2n) is 5.83. The largest absolute Gasteiger partial charge is 0.358 e. The van der Waals surface area contributed by atoms with Crippen molar-refractivity contribution in [2.45, 2.75) is 13.1 Å². The lowest BCUT2D eigenvalue weighted by molar-refractivity contribution is -0.122. The predicted octanol–water partition coefficient (Wildman–Crippen LogP) is -0.206. The first-order valence-electron chi connectivity index (χ1n) is 7.72. The maximum atomic E-state index is 12.6. The fraction of sp³-hybridized carbons (Fsp3) is 0.500. The third kappa shape index (κ3) is 3.13. The molecule has 6 nitrogen and oxygen atoms in total. The van der Waals surface area contributed by atoms with Crippen molar-refractivity contribution in [1.29, 1.82) is 0 Å². The van der Waals surface area contributed by atoms with Crippen LogP contribution in [0.4, 0.5) is 0 Å². The van der Waals surface area contributed by atoms with Gasteiger partial charge in [-0.25, -0.2) is 0 Å². The smallest absolute Gasteiger partial charge is 0.253 e. The van der Waals surface area contributed by atoms with E-state index in [1.165, 1.54) is 11.1 Å². The number of fused-ring (bicyclic) bond motifs is 1. The molecule has 0 radical (unpaired) electrons. The molecule has 118 valence electrons. The first-order chi connectivity index (χ1) is 10.7. The zero-order chi connectivity index (χ0) is 15.5. The highest BCUT2D eigenvalue weighted by Crippen LogP contribution is 2.18. The van der Waals surface area contributed by atoms with Crippen LogP contribution >= 0.6 is 0 Å². The van der Waals surface area contributed by atoms with Crippen LogP contribution in [-0.2, 0) is 17.9 Å². The van der Waals surface area contributed by atoms with Gasteiger partial charge in [-0.2, -0.15) is 0 Å². The van der Waals surface area contributed by atoms with E-state index in [-0.39, 0.29) is 11.8 Å². The predicted molar refractivity (Wildman–Crippen MR) is 83.4 cm³/mol. The van der Waals surface area contributed by atoms with Crippen LogP contribution in [0.3, 0.4) is 0 Å². The third-order valence-corrected chi connectivity index (χ3v) is 4.39. The van der Waals surface area contributed by atoms with Gasteiger partial charge in [0.25, 0.3) is 5.91 Å². The molecule has 0 saturated carbocycles. The Morgan fingerprint density at radius 3 is 2.59 bits per heavy atom.